The minimum Gasteiger partial charge on any atom is -0.314 e. The molecule has 0 bridgehead atoms. The molecule has 1 amide bonds. The Morgan fingerprint density at radius 3 is 2.15 bits per heavy atom. The maximum atomic E-state index is 12.9. The highest BCUT2D eigenvalue weighted by molar-refractivity contribution is 6.11. The van der Waals surface area contributed by atoms with Crippen LogP contribution in [0.1, 0.15) is 29.3 Å². The van der Waals surface area contributed by atoms with Gasteiger partial charge < -0.3 is 4.90 Å². The molecular formula is C24H21NO2. The van der Waals surface area contributed by atoms with E-state index < -0.39 is 5.41 Å². The van der Waals surface area contributed by atoms with Crippen molar-refractivity contribution in [1.82, 2.24) is 0 Å². The van der Waals surface area contributed by atoms with Gasteiger partial charge in [-0.25, -0.2) is 0 Å². The van der Waals surface area contributed by atoms with E-state index in [2.05, 4.69) is 0 Å². The van der Waals surface area contributed by atoms with Gasteiger partial charge in [-0.2, -0.15) is 0 Å². The first-order valence-electron chi connectivity index (χ1n) is 9.07. The lowest BCUT2D eigenvalue weighted by Gasteiger charge is -2.22. The Hall–Kier alpha value is -3.20. The maximum absolute atomic E-state index is 12.9. The molecule has 134 valence electrons. The number of carbonyl (C=O) groups is 2. The molecule has 3 nitrogen and oxygen atoms in total. The molecule has 0 saturated carbocycles. The Morgan fingerprint density at radius 2 is 1.44 bits per heavy atom. The molecule has 0 saturated heterocycles. The van der Waals surface area contributed by atoms with Crippen molar-refractivity contribution < 1.29 is 9.59 Å². The fourth-order valence-electron chi connectivity index (χ4n) is 3.90. The van der Waals surface area contributed by atoms with E-state index in [0.29, 0.717) is 5.56 Å². The van der Waals surface area contributed by atoms with Crippen molar-refractivity contribution in [1.29, 1.82) is 0 Å². The van der Waals surface area contributed by atoms with Gasteiger partial charge in [0.1, 0.15) is 0 Å². The molecule has 0 fully saturated rings. The standard InChI is InChI=1S/C24H21NO2/c1-24(20-10-6-7-11-21(20)25(2)23(24)27)16-22(26)19-14-12-18(13-15-19)17-8-4-3-5-9-17/h3-15H,16H2,1-2H3. The summed E-state index contributed by atoms with van der Waals surface area (Å²) < 4.78 is 0. The number of anilines is 1. The van der Waals surface area contributed by atoms with Crippen LogP contribution < -0.4 is 4.90 Å². The number of amides is 1. The molecule has 0 radical (unpaired) electrons. The zero-order chi connectivity index (χ0) is 19.0. The Morgan fingerprint density at radius 1 is 0.852 bits per heavy atom. The molecule has 27 heavy (non-hydrogen) atoms. The zero-order valence-electron chi connectivity index (χ0n) is 15.5. The van der Waals surface area contributed by atoms with Crippen LogP contribution in [0.3, 0.4) is 0 Å². The predicted octanol–water partition coefficient (Wildman–Crippen LogP) is 4.86. The van der Waals surface area contributed by atoms with E-state index in [-0.39, 0.29) is 18.1 Å². The molecule has 0 aliphatic carbocycles. The molecule has 0 aromatic heterocycles. The van der Waals surface area contributed by atoms with Gasteiger partial charge >= 0.3 is 0 Å². The normalized spacial score (nSPS) is 18.4. The van der Waals surface area contributed by atoms with Crippen LogP contribution in [0, 0.1) is 0 Å². The lowest BCUT2D eigenvalue weighted by Crippen LogP contribution is -2.37. The third kappa shape index (κ3) is 2.85. The maximum Gasteiger partial charge on any atom is 0.237 e. The number of hydrogen-bond donors (Lipinski definition) is 0. The van der Waals surface area contributed by atoms with Crippen molar-refractivity contribution >= 4 is 17.4 Å². The van der Waals surface area contributed by atoms with E-state index in [1.54, 1.807) is 11.9 Å². The quantitative estimate of drug-likeness (QED) is 0.627. The molecule has 0 N–H and O–H groups in total. The summed E-state index contributed by atoms with van der Waals surface area (Å²) in [6.07, 6.45) is 0.165. The largest absolute Gasteiger partial charge is 0.314 e. The Bertz CT molecular complexity index is 1010. The summed E-state index contributed by atoms with van der Waals surface area (Å²) in [4.78, 5) is 27.5. The van der Waals surface area contributed by atoms with Crippen molar-refractivity contribution in [3.63, 3.8) is 0 Å². The van der Waals surface area contributed by atoms with E-state index in [4.69, 9.17) is 0 Å². The summed E-state index contributed by atoms with van der Waals surface area (Å²) in [6, 6.07) is 25.4. The number of carbonyl (C=O) groups excluding carboxylic acids is 2. The fraction of sp³-hybridized carbons (Fsp3) is 0.167. The van der Waals surface area contributed by atoms with Gasteiger partial charge in [-0.1, -0.05) is 72.8 Å². The molecule has 3 aromatic carbocycles. The Balaban J connectivity index is 1.60. The van der Waals surface area contributed by atoms with Crippen LogP contribution in [0.2, 0.25) is 0 Å². The summed E-state index contributed by atoms with van der Waals surface area (Å²) in [7, 11) is 1.77. The number of nitrogens with zero attached hydrogens (tertiary/aromatic N) is 1. The topological polar surface area (TPSA) is 37.4 Å². The van der Waals surface area contributed by atoms with Gasteiger partial charge in [0, 0.05) is 24.7 Å². The van der Waals surface area contributed by atoms with Crippen LogP contribution in [-0.4, -0.2) is 18.7 Å². The molecule has 1 aliphatic rings. The minimum absolute atomic E-state index is 0.0180. The second kappa shape index (κ2) is 6.51. The fourth-order valence-corrected chi connectivity index (χ4v) is 3.90. The summed E-state index contributed by atoms with van der Waals surface area (Å²) >= 11 is 0. The van der Waals surface area contributed by atoms with Crippen LogP contribution in [0.15, 0.2) is 78.9 Å². The third-order valence-corrected chi connectivity index (χ3v) is 5.46. The van der Waals surface area contributed by atoms with E-state index >= 15 is 0 Å². The van der Waals surface area contributed by atoms with E-state index in [1.807, 2.05) is 85.8 Å². The summed E-state index contributed by atoms with van der Waals surface area (Å²) in [6.45, 7) is 1.87. The highest BCUT2D eigenvalue weighted by atomic mass is 16.2. The lowest BCUT2D eigenvalue weighted by molar-refractivity contribution is -0.122. The molecule has 1 heterocycles. The van der Waals surface area contributed by atoms with Crippen LogP contribution in [0.5, 0.6) is 0 Å². The first-order chi connectivity index (χ1) is 13.0. The van der Waals surface area contributed by atoms with E-state index in [1.165, 1.54) is 0 Å². The number of likely N-dealkylation sites (N-methyl/N-ethyl adjacent to an activating group) is 1. The van der Waals surface area contributed by atoms with Gasteiger partial charge in [-0.05, 0) is 29.7 Å². The highest BCUT2D eigenvalue weighted by Crippen LogP contribution is 2.43. The van der Waals surface area contributed by atoms with Gasteiger partial charge in [-0.3, -0.25) is 9.59 Å². The van der Waals surface area contributed by atoms with Gasteiger partial charge in [0.15, 0.2) is 5.78 Å². The molecule has 1 aliphatic heterocycles. The average molecular weight is 355 g/mol. The molecular weight excluding hydrogens is 334 g/mol. The van der Waals surface area contributed by atoms with Gasteiger partial charge in [0.2, 0.25) is 5.91 Å². The van der Waals surface area contributed by atoms with Crippen LogP contribution >= 0.6 is 0 Å². The third-order valence-electron chi connectivity index (χ3n) is 5.46. The minimum atomic E-state index is -0.819. The van der Waals surface area contributed by atoms with Crippen molar-refractivity contribution in [3.8, 4) is 11.1 Å². The zero-order valence-corrected chi connectivity index (χ0v) is 15.5. The van der Waals surface area contributed by atoms with Crippen molar-refractivity contribution in [3.05, 3.63) is 90.0 Å². The first-order valence-corrected chi connectivity index (χ1v) is 9.07. The summed E-state index contributed by atoms with van der Waals surface area (Å²) in [5.41, 5.74) is 3.81. The molecule has 0 spiro atoms. The van der Waals surface area contributed by atoms with Gasteiger partial charge in [0.25, 0.3) is 0 Å². The molecule has 1 unspecified atom stereocenters. The average Bonchev–Trinajstić information content (AvgIpc) is 2.90. The first kappa shape index (κ1) is 17.2. The van der Waals surface area contributed by atoms with Crippen molar-refractivity contribution in [2.24, 2.45) is 0 Å². The number of rotatable bonds is 4. The van der Waals surface area contributed by atoms with Crippen LogP contribution in [0.25, 0.3) is 11.1 Å². The highest BCUT2D eigenvalue weighted by Gasteiger charge is 2.47. The Kier molecular flexibility index (Phi) is 4.15. The van der Waals surface area contributed by atoms with E-state index in [9.17, 15) is 9.59 Å². The van der Waals surface area contributed by atoms with Crippen LogP contribution in [0.4, 0.5) is 5.69 Å². The number of Topliss-reactive ketones (excluding diaryl/α,β-unsaturated/α-hetero) is 1. The van der Waals surface area contributed by atoms with Gasteiger partial charge in [0.05, 0.1) is 5.41 Å². The second-order valence-electron chi connectivity index (χ2n) is 7.26. The van der Waals surface area contributed by atoms with E-state index in [0.717, 1.165) is 22.4 Å². The predicted molar refractivity (Wildman–Crippen MR) is 108 cm³/mol. The molecule has 3 aromatic rings. The molecule has 3 heteroatoms. The summed E-state index contributed by atoms with van der Waals surface area (Å²) in [5.74, 6) is -0.0477. The Labute approximate surface area is 159 Å². The molecule has 4 rings (SSSR count). The monoisotopic (exact) mass is 355 g/mol. The number of para-hydroxylation sites is 1. The number of benzene rings is 3. The smallest absolute Gasteiger partial charge is 0.237 e. The number of hydrogen-bond acceptors (Lipinski definition) is 2. The summed E-state index contributed by atoms with van der Waals surface area (Å²) in [5, 5.41) is 0. The molecule has 1 atom stereocenters. The number of fused-ring (bicyclic) bond motifs is 1. The lowest BCUT2D eigenvalue weighted by atomic mass is 9.78. The van der Waals surface area contributed by atoms with Crippen LogP contribution in [-0.2, 0) is 10.2 Å². The van der Waals surface area contributed by atoms with Crippen molar-refractivity contribution in [2.75, 3.05) is 11.9 Å². The SMILES string of the molecule is CN1C(=O)C(C)(CC(=O)c2ccc(-c3ccccc3)cc2)c2ccccc21. The second-order valence-corrected chi connectivity index (χ2v) is 7.26. The number of ketones is 1. The van der Waals surface area contributed by atoms with Gasteiger partial charge in [-0.15, -0.1) is 0 Å². The van der Waals surface area contributed by atoms with Crippen molar-refractivity contribution in [2.45, 2.75) is 18.8 Å².